The van der Waals surface area contributed by atoms with Crippen LogP contribution in [0.4, 0.5) is 0 Å². The van der Waals surface area contributed by atoms with Crippen LogP contribution < -0.4 is 10.6 Å². The van der Waals surface area contributed by atoms with E-state index in [9.17, 15) is 4.79 Å². The minimum Gasteiger partial charge on any atom is -0.350 e. The summed E-state index contributed by atoms with van der Waals surface area (Å²) in [5.74, 6) is 0.430. The number of nitrogens with one attached hydrogen (secondary N) is 2. The minimum atomic E-state index is 0.0275. The minimum absolute atomic E-state index is 0.0275. The number of carbonyl (C=O) groups is 1. The van der Waals surface area contributed by atoms with Gasteiger partial charge in [-0.1, -0.05) is 20.8 Å². The summed E-state index contributed by atoms with van der Waals surface area (Å²) in [6, 6.07) is 0. The number of carbonyl (C=O) groups excluding carboxylic acids is 1. The third-order valence-electron chi connectivity index (χ3n) is 3.85. The smallest absolute Gasteiger partial charge is 0.224 e. The lowest BCUT2D eigenvalue weighted by Gasteiger charge is -2.32. The predicted octanol–water partition coefficient (Wildman–Crippen LogP) is 1.68. The molecule has 88 valence electrons. The zero-order valence-electron chi connectivity index (χ0n) is 10.2. The first-order valence-electron chi connectivity index (χ1n) is 6.20. The molecule has 0 aromatic heterocycles. The first-order valence-corrected chi connectivity index (χ1v) is 6.20. The number of hydrogen-bond donors (Lipinski definition) is 2. The summed E-state index contributed by atoms with van der Waals surface area (Å²) in [6.07, 6.45) is 4.04. The Balaban J connectivity index is 2.53. The molecule has 0 saturated carbocycles. The molecule has 15 heavy (non-hydrogen) atoms. The van der Waals surface area contributed by atoms with Crippen molar-refractivity contribution in [3.05, 3.63) is 0 Å². The largest absolute Gasteiger partial charge is 0.350 e. The van der Waals surface area contributed by atoms with Crippen LogP contribution in [-0.2, 0) is 4.79 Å². The van der Waals surface area contributed by atoms with Crippen LogP contribution in [0.5, 0.6) is 0 Å². The van der Waals surface area contributed by atoms with E-state index in [0.717, 1.165) is 38.8 Å². The molecule has 1 saturated heterocycles. The molecule has 1 aliphatic heterocycles. The highest BCUT2D eigenvalue weighted by Crippen LogP contribution is 2.20. The topological polar surface area (TPSA) is 41.1 Å². The molecule has 1 atom stereocenters. The van der Waals surface area contributed by atoms with Gasteiger partial charge in [-0.05, 0) is 32.2 Å². The zero-order valence-corrected chi connectivity index (χ0v) is 10.2. The molecule has 0 aromatic rings. The van der Waals surface area contributed by atoms with Crippen molar-refractivity contribution >= 4 is 5.91 Å². The molecule has 3 nitrogen and oxygen atoms in total. The van der Waals surface area contributed by atoms with Gasteiger partial charge in [-0.15, -0.1) is 0 Å². The average Bonchev–Trinajstić information content (AvgIpc) is 2.79. The molecule has 0 radical (unpaired) electrons. The van der Waals surface area contributed by atoms with Gasteiger partial charge < -0.3 is 10.6 Å². The summed E-state index contributed by atoms with van der Waals surface area (Å²) in [5, 5.41) is 6.47. The maximum Gasteiger partial charge on any atom is 0.224 e. The van der Waals surface area contributed by atoms with Crippen LogP contribution in [0.25, 0.3) is 0 Å². The highest BCUT2D eigenvalue weighted by Gasteiger charge is 2.30. The molecule has 1 heterocycles. The highest BCUT2D eigenvalue weighted by atomic mass is 16.2. The molecular weight excluding hydrogens is 188 g/mol. The lowest BCUT2D eigenvalue weighted by molar-refractivity contribution is -0.126. The van der Waals surface area contributed by atoms with E-state index in [0.29, 0.717) is 0 Å². The van der Waals surface area contributed by atoms with Gasteiger partial charge in [-0.3, -0.25) is 4.79 Å². The molecule has 0 bridgehead atoms. The second-order valence-electron chi connectivity index (χ2n) is 4.52. The Kier molecular flexibility index (Phi) is 4.58. The Bertz CT molecular complexity index is 197. The average molecular weight is 212 g/mol. The highest BCUT2D eigenvalue weighted by molar-refractivity contribution is 5.80. The second kappa shape index (κ2) is 5.50. The molecule has 0 aliphatic carbocycles. The summed E-state index contributed by atoms with van der Waals surface area (Å²) in [6.45, 7) is 8.29. The van der Waals surface area contributed by atoms with E-state index in [1.807, 2.05) is 0 Å². The van der Waals surface area contributed by atoms with Crippen LogP contribution in [0.1, 0.15) is 46.5 Å². The van der Waals surface area contributed by atoms with Crippen molar-refractivity contribution in [3.8, 4) is 0 Å². The van der Waals surface area contributed by atoms with Crippen LogP contribution in [0.2, 0.25) is 0 Å². The normalized spacial score (nSPS) is 21.7. The van der Waals surface area contributed by atoms with Crippen LogP contribution in [-0.4, -0.2) is 24.5 Å². The fourth-order valence-electron chi connectivity index (χ4n) is 2.26. The molecule has 3 heteroatoms. The van der Waals surface area contributed by atoms with Crippen molar-refractivity contribution < 1.29 is 4.79 Å². The predicted molar refractivity (Wildman–Crippen MR) is 62.7 cm³/mol. The van der Waals surface area contributed by atoms with Gasteiger partial charge in [0.1, 0.15) is 0 Å². The molecule has 1 amide bonds. The van der Waals surface area contributed by atoms with Gasteiger partial charge in [-0.2, -0.15) is 0 Å². The van der Waals surface area contributed by atoms with Crippen molar-refractivity contribution in [3.63, 3.8) is 0 Å². The fourth-order valence-corrected chi connectivity index (χ4v) is 2.26. The van der Waals surface area contributed by atoms with Crippen LogP contribution in [0, 0.1) is 5.92 Å². The molecule has 0 aromatic carbocycles. The third kappa shape index (κ3) is 2.94. The summed E-state index contributed by atoms with van der Waals surface area (Å²) < 4.78 is 0. The standard InChI is InChI=1S/C12H24N2O/c1-4-12(5-2,6-3)14-11(15)10-7-8-13-9-10/h10,13H,4-9H2,1-3H3,(H,14,15)/t10-/m0/s1. The van der Waals surface area contributed by atoms with E-state index < -0.39 is 0 Å². The van der Waals surface area contributed by atoms with Crippen molar-refractivity contribution in [2.24, 2.45) is 5.92 Å². The first-order chi connectivity index (χ1) is 7.17. The number of amides is 1. The lowest BCUT2D eigenvalue weighted by atomic mass is 9.89. The first kappa shape index (κ1) is 12.5. The van der Waals surface area contributed by atoms with Gasteiger partial charge in [0.05, 0.1) is 5.92 Å². The quantitative estimate of drug-likeness (QED) is 0.728. The summed E-state index contributed by atoms with van der Waals surface area (Å²) in [4.78, 5) is 12.0. The summed E-state index contributed by atoms with van der Waals surface area (Å²) in [5.41, 5.74) is 0.0275. The van der Waals surface area contributed by atoms with Crippen molar-refractivity contribution in [2.45, 2.75) is 52.0 Å². The van der Waals surface area contributed by atoms with Crippen LogP contribution in [0.15, 0.2) is 0 Å². The van der Waals surface area contributed by atoms with Crippen molar-refractivity contribution in [2.75, 3.05) is 13.1 Å². The van der Waals surface area contributed by atoms with E-state index in [1.54, 1.807) is 0 Å². The van der Waals surface area contributed by atoms with E-state index >= 15 is 0 Å². The monoisotopic (exact) mass is 212 g/mol. The molecular formula is C12H24N2O. The van der Waals surface area contributed by atoms with Gasteiger partial charge >= 0.3 is 0 Å². The van der Waals surface area contributed by atoms with E-state index in [2.05, 4.69) is 31.4 Å². The Morgan fingerprint density at radius 2 is 1.93 bits per heavy atom. The fraction of sp³-hybridized carbons (Fsp3) is 0.917. The number of rotatable bonds is 5. The number of hydrogen-bond acceptors (Lipinski definition) is 2. The molecule has 1 fully saturated rings. The molecule has 0 unspecified atom stereocenters. The Hall–Kier alpha value is -0.570. The van der Waals surface area contributed by atoms with Crippen molar-refractivity contribution in [1.82, 2.24) is 10.6 Å². The summed E-state index contributed by atoms with van der Waals surface area (Å²) in [7, 11) is 0. The van der Waals surface area contributed by atoms with Gasteiger partial charge in [-0.25, -0.2) is 0 Å². The van der Waals surface area contributed by atoms with Crippen LogP contribution >= 0.6 is 0 Å². The van der Waals surface area contributed by atoms with E-state index in [4.69, 9.17) is 0 Å². The van der Waals surface area contributed by atoms with Crippen molar-refractivity contribution in [1.29, 1.82) is 0 Å². The third-order valence-corrected chi connectivity index (χ3v) is 3.85. The molecule has 2 N–H and O–H groups in total. The maximum absolute atomic E-state index is 12.0. The lowest BCUT2D eigenvalue weighted by Crippen LogP contribution is -2.49. The Morgan fingerprint density at radius 3 is 2.33 bits per heavy atom. The maximum atomic E-state index is 12.0. The Morgan fingerprint density at radius 1 is 1.33 bits per heavy atom. The zero-order chi connectivity index (χ0) is 11.3. The van der Waals surface area contributed by atoms with Gasteiger partial charge in [0.2, 0.25) is 5.91 Å². The van der Waals surface area contributed by atoms with E-state index in [1.165, 1.54) is 0 Å². The Labute approximate surface area is 93.0 Å². The van der Waals surface area contributed by atoms with Gasteiger partial charge in [0.25, 0.3) is 0 Å². The van der Waals surface area contributed by atoms with Crippen LogP contribution in [0.3, 0.4) is 0 Å². The SMILES string of the molecule is CCC(CC)(CC)NC(=O)[C@H]1CCNC1. The molecule has 1 rings (SSSR count). The van der Waals surface area contributed by atoms with Gasteiger partial charge in [0, 0.05) is 12.1 Å². The van der Waals surface area contributed by atoms with E-state index in [-0.39, 0.29) is 17.4 Å². The molecule has 1 aliphatic rings. The second-order valence-corrected chi connectivity index (χ2v) is 4.52. The van der Waals surface area contributed by atoms with Gasteiger partial charge in [0.15, 0.2) is 0 Å². The summed E-state index contributed by atoms with van der Waals surface area (Å²) >= 11 is 0. The molecule has 0 spiro atoms.